The molecule has 1 aliphatic carbocycles. The Bertz CT molecular complexity index is 829. The molecule has 26 heavy (non-hydrogen) atoms. The van der Waals surface area contributed by atoms with E-state index < -0.39 is 11.4 Å². The van der Waals surface area contributed by atoms with Gasteiger partial charge < -0.3 is 14.8 Å². The summed E-state index contributed by atoms with van der Waals surface area (Å²) in [5, 5.41) is 3.41. The van der Waals surface area contributed by atoms with Crippen LogP contribution < -0.4 is 14.8 Å². The minimum Gasteiger partial charge on any atom is -0.454 e. The van der Waals surface area contributed by atoms with Crippen molar-refractivity contribution in [3.8, 4) is 11.5 Å². The molecule has 1 amide bonds. The molecule has 2 aliphatic rings. The lowest BCUT2D eigenvalue weighted by atomic mass is 9.87. The molecule has 0 unspecified atom stereocenters. The Morgan fingerprint density at radius 1 is 1.15 bits per heavy atom. The van der Waals surface area contributed by atoms with Gasteiger partial charge in [0.25, 0.3) is 0 Å². The van der Waals surface area contributed by atoms with Crippen LogP contribution in [0.15, 0.2) is 36.4 Å². The predicted octanol–water partition coefficient (Wildman–Crippen LogP) is 4.34. The molecule has 6 heteroatoms. The van der Waals surface area contributed by atoms with E-state index in [1.165, 1.54) is 12.1 Å². The van der Waals surface area contributed by atoms with Gasteiger partial charge in [-0.15, -0.1) is 0 Å². The number of halogens is 2. The first-order valence-corrected chi connectivity index (χ1v) is 9.09. The number of nitrogens with one attached hydrogen (secondary N) is 1. The Hall–Kier alpha value is -2.27. The second-order valence-corrected chi connectivity index (χ2v) is 7.19. The van der Waals surface area contributed by atoms with Gasteiger partial charge in [-0.3, -0.25) is 4.79 Å². The minimum absolute atomic E-state index is 0.0855. The Labute approximate surface area is 156 Å². The molecule has 0 aromatic heterocycles. The monoisotopic (exact) mass is 375 g/mol. The predicted molar refractivity (Wildman–Crippen MR) is 96.0 cm³/mol. The van der Waals surface area contributed by atoms with Gasteiger partial charge in [0.1, 0.15) is 5.82 Å². The first-order chi connectivity index (χ1) is 12.6. The van der Waals surface area contributed by atoms with Crippen LogP contribution in [-0.4, -0.2) is 12.7 Å². The van der Waals surface area contributed by atoms with Gasteiger partial charge in [-0.2, -0.15) is 0 Å². The third kappa shape index (κ3) is 3.12. The summed E-state index contributed by atoms with van der Waals surface area (Å²) in [7, 11) is 0. The molecule has 1 saturated carbocycles. The average Bonchev–Trinajstić information content (AvgIpc) is 3.27. The summed E-state index contributed by atoms with van der Waals surface area (Å²) in [6.07, 6.45) is 3.63. The van der Waals surface area contributed by atoms with Crippen molar-refractivity contribution in [2.45, 2.75) is 37.6 Å². The van der Waals surface area contributed by atoms with Crippen molar-refractivity contribution in [2.24, 2.45) is 0 Å². The number of hydrogen-bond donors (Lipinski definition) is 1. The van der Waals surface area contributed by atoms with Gasteiger partial charge >= 0.3 is 0 Å². The highest BCUT2D eigenvalue weighted by Gasteiger charge is 2.38. The van der Waals surface area contributed by atoms with E-state index in [2.05, 4.69) is 5.32 Å². The van der Waals surface area contributed by atoms with Gasteiger partial charge in [0.2, 0.25) is 12.7 Å². The molecule has 2 aromatic rings. The summed E-state index contributed by atoms with van der Waals surface area (Å²) < 4.78 is 24.8. The van der Waals surface area contributed by atoms with E-state index in [-0.39, 0.29) is 29.7 Å². The lowest BCUT2D eigenvalue weighted by Gasteiger charge is -2.31. The van der Waals surface area contributed by atoms with Crippen LogP contribution in [0, 0.1) is 5.82 Å². The fourth-order valence-corrected chi connectivity index (χ4v) is 4.06. The Balaban J connectivity index is 1.58. The van der Waals surface area contributed by atoms with Crippen LogP contribution in [0.25, 0.3) is 0 Å². The van der Waals surface area contributed by atoms with Crippen LogP contribution in [-0.2, 0) is 16.8 Å². The zero-order valence-corrected chi connectivity index (χ0v) is 14.9. The Kier molecular flexibility index (Phi) is 4.49. The highest BCUT2D eigenvalue weighted by Crippen LogP contribution is 2.43. The summed E-state index contributed by atoms with van der Waals surface area (Å²) >= 11 is 6.06. The van der Waals surface area contributed by atoms with E-state index in [4.69, 9.17) is 21.1 Å². The van der Waals surface area contributed by atoms with Crippen LogP contribution in [0.1, 0.15) is 36.8 Å². The van der Waals surface area contributed by atoms with Gasteiger partial charge in [-0.1, -0.05) is 36.6 Å². The van der Waals surface area contributed by atoms with E-state index in [0.29, 0.717) is 11.5 Å². The normalized spacial score (nSPS) is 17.3. The molecule has 0 bridgehead atoms. The van der Waals surface area contributed by atoms with Crippen molar-refractivity contribution in [3.63, 3.8) is 0 Å². The first-order valence-electron chi connectivity index (χ1n) is 8.71. The van der Waals surface area contributed by atoms with Crippen LogP contribution in [0.5, 0.6) is 11.5 Å². The van der Waals surface area contributed by atoms with Crippen LogP contribution >= 0.6 is 11.6 Å². The van der Waals surface area contributed by atoms with Crippen molar-refractivity contribution >= 4 is 17.5 Å². The number of fused-ring (bicyclic) bond motifs is 1. The summed E-state index contributed by atoms with van der Waals surface area (Å²) in [4.78, 5) is 12.7. The summed E-state index contributed by atoms with van der Waals surface area (Å²) in [5.41, 5.74) is 0.758. The smallest absolute Gasteiger partial charge is 0.231 e. The largest absolute Gasteiger partial charge is 0.454 e. The fraction of sp³-hybridized carbons (Fsp3) is 0.350. The zero-order valence-electron chi connectivity index (χ0n) is 14.2. The molecule has 136 valence electrons. The van der Waals surface area contributed by atoms with E-state index in [9.17, 15) is 9.18 Å². The maximum absolute atomic E-state index is 14.0. The third-order valence-corrected chi connectivity index (χ3v) is 5.51. The van der Waals surface area contributed by atoms with E-state index >= 15 is 0 Å². The van der Waals surface area contributed by atoms with E-state index in [1.807, 2.05) is 18.2 Å². The van der Waals surface area contributed by atoms with Crippen molar-refractivity contribution in [1.29, 1.82) is 0 Å². The maximum atomic E-state index is 14.0. The van der Waals surface area contributed by atoms with Crippen molar-refractivity contribution in [1.82, 2.24) is 5.32 Å². The van der Waals surface area contributed by atoms with E-state index in [0.717, 1.165) is 31.2 Å². The lowest BCUT2D eigenvalue weighted by Crippen LogP contribution is -2.44. The molecular weight excluding hydrogens is 357 g/mol. The molecule has 1 heterocycles. The summed E-state index contributed by atoms with van der Waals surface area (Å²) in [5.74, 6) is 0.708. The summed E-state index contributed by atoms with van der Waals surface area (Å²) in [6.45, 7) is 0.212. The van der Waals surface area contributed by atoms with Crippen LogP contribution in [0.3, 0.4) is 0 Å². The number of carbonyl (C=O) groups is 1. The summed E-state index contributed by atoms with van der Waals surface area (Å²) in [6, 6.07) is 10.2. The fourth-order valence-electron chi connectivity index (χ4n) is 3.83. The van der Waals surface area contributed by atoms with Gasteiger partial charge in [0, 0.05) is 10.6 Å². The number of hydrogen-bond acceptors (Lipinski definition) is 3. The molecule has 4 nitrogen and oxygen atoms in total. The first kappa shape index (κ1) is 17.2. The van der Waals surface area contributed by atoms with Gasteiger partial charge in [-0.05, 0) is 42.7 Å². The minimum atomic E-state index is -0.463. The standard InChI is InChI=1S/C20H19ClFNO3/c21-15-4-3-5-16(22)14(15)11-19(24)23-20(8-1-2-9-20)13-6-7-17-18(10-13)26-12-25-17/h3-7,10H,1-2,8-9,11-12H2,(H,23,24). The Morgan fingerprint density at radius 3 is 2.69 bits per heavy atom. The van der Waals surface area contributed by atoms with Crippen molar-refractivity contribution < 1.29 is 18.7 Å². The number of amides is 1. The average molecular weight is 376 g/mol. The Morgan fingerprint density at radius 2 is 1.92 bits per heavy atom. The highest BCUT2D eigenvalue weighted by atomic mass is 35.5. The van der Waals surface area contributed by atoms with Crippen molar-refractivity contribution in [2.75, 3.05) is 6.79 Å². The maximum Gasteiger partial charge on any atom is 0.231 e. The molecule has 1 fully saturated rings. The second-order valence-electron chi connectivity index (χ2n) is 6.78. The lowest BCUT2D eigenvalue weighted by molar-refractivity contribution is -0.122. The molecule has 0 saturated heterocycles. The molecule has 4 rings (SSSR count). The zero-order chi connectivity index (χ0) is 18.1. The second kappa shape index (κ2) is 6.80. The highest BCUT2D eigenvalue weighted by molar-refractivity contribution is 6.31. The van der Waals surface area contributed by atoms with Gasteiger partial charge in [-0.25, -0.2) is 4.39 Å². The molecule has 0 spiro atoms. The molecule has 0 radical (unpaired) electrons. The van der Waals surface area contributed by atoms with Gasteiger partial charge in [0.05, 0.1) is 12.0 Å². The molecular formula is C20H19ClFNO3. The van der Waals surface area contributed by atoms with Gasteiger partial charge in [0.15, 0.2) is 11.5 Å². The third-order valence-electron chi connectivity index (χ3n) is 5.16. The number of rotatable bonds is 4. The molecule has 0 atom stereocenters. The van der Waals surface area contributed by atoms with Crippen LogP contribution in [0.4, 0.5) is 4.39 Å². The van der Waals surface area contributed by atoms with E-state index in [1.54, 1.807) is 6.07 Å². The quantitative estimate of drug-likeness (QED) is 0.864. The number of carbonyl (C=O) groups excluding carboxylic acids is 1. The number of ether oxygens (including phenoxy) is 2. The van der Waals surface area contributed by atoms with Crippen molar-refractivity contribution in [3.05, 3.63) is 58.4 Å². The van der Waals surface area contributed by atoms with Crippen LogP contribution in [0.2, 0.25) is 5.02 Å². The topological polar surface area (TPSA) is 47.6 Å². The number of benzene rings is 2. The molecule has 1 aliphatic heterocycles. The SMILES string of the molecule is O=C(Cc1c(F)cccc1Cl)NC1(c2ccc3c(c2)OCO3)CCCC1. The molecule has 1 N–H and O–H groups in total. The molecule has 2 aromatic carbocycles.